The maximum Gasteiger partial charge on any atom is 0.340 e. The highest BCUT2D eigenvalue weighted by molar-refractivity contribution is 5.96. The molecule has 6 heteroatoms. The number of benzene rings is 1. The molecule has 1 fully saturated rings. The first kappa shape index (κ1) is 14.5. The molecule has 0 radical (unpaired) electrons. The highest BCUT2D eigenvalue weighted by Crippen LogP contribution is 2.32. The van der Waals surface area contributed by atoms with E-state index in [-0.39, 0.29) is 18.3 Å². The lowest BCUT2D eigenvalue weighted by Crippen LogP contribution is -2.18. The summed E-state index contributed by atoms with van der Waals surface area (Å²) in [5, 5.41) is 0. The quantitative estimate of drug-likeness (QED) is 0.652. The third-order valence-electron chi connectivity index (χ3n) is 3.20. The molecule has 1 atom stereocenters. The fourth-order valence-electron chi connectivity index (χ4n) is 2.09. The van der Waals surface area contributed by atoms with Crippen molar-refractivity contribution in [1.82, 2.24) is 0 Å². The predicted octanol–water partition coefficient (Wildman–Crippen LogP) is 1.62. The van der Waals surface area contributed by atoms with Gasteiger partial charge in [0.15, 0.2) is 11.5 Å². The van der Waals surface area contributed by atoms with E-state index in [0.717, 1.165) is 19.4 Å². The van der Waals surface area contributed by atoms with E-state index in [4.69, 9.17) is 24.7 Å². The summed E-state index contributed by atoms with van der Waals surface area (Å²) in [6.07, 6.45) is 1.90. The van der Waals surface area contributed by atoms with Crippen LogP contribution in [0.3, 0.4) is 0 Å². The molecule has 1 aromatic rings. The summed E-state index contributed by atoms with van der Waals surface area (Å²) >= 11 is 0. The zero-order valence-electron chi connectivity index (χ0n) is 11.7. The summed E-state index contributed by atoms with van der Waals surface area (Å²) < 4.78 is 20.9. The number of esters is 1. The summed E-state index contributed by atoms with van der Waals surface area (Å²) in [5.74, 6) is 0.422. The molecule has 0 saturated carbocycles. The molecule has 1 saturated heterocycles. The number of rotatable bonds is 5. The molecule has 0 amide bonds. The van der Waals surface area contributed by atoms with E-state index in [1.807, 2.05) is 0 Å². The van der Waals surface area contributed by atoms with Gasteiger partial charge in [-0.3, -0.25) is 0 Å². The van der Waals surface area contributed by atoms with Gasteiger partial charge in [-0.25, -0.2) is 4.79 Å². The summed E-state index contributed by atoms with van der Waals surface area (Å²) in [6.45, 7) is 0.966. The first-order valence-corrected chi connectivity index (χ1v) is 6.46. The smallest absolute Gasteiger partial charge is 0.340 e. The molecule has 0 aliphatic carbocycles. The molecular formula is C14H19NO5. The van der Waals surface area contributed by atoms with Gasteiger partial charge >= 0.3 is 5.97 Å². The summed E-state index contributed by atoms with van der Waals surface area (Å²) in [5.41, 5.74) is 6.39. The van der Waals surface area contributed by atoms with E-state index in [1.165, 1.54) is 20.3 Å². The average molecular weight is 281 g/mol. The van der Waals surface area contributed by atoms with Gasteiger partial charge < -0.3 is 24.7 Å². The third-order valence-corrected chi connectivity index (χ3v) is 3.20. The van der Waals surface area contributed by atoms with Gasteiger partial charge in [-0.1, -0.05) is 0 Å². The van der Waals surface area contributed by atoms with E-state index >= 15 is 0 Å². The number of carbonyl (C=O) groups excluding carboxylic acids is 1. The van der Waals surface area contributed by atoms with Crippen LogP contribution in [0.4, 0.5) is 5.69 Å². The standard InChI is InChI=1S/C14H19NO5/c1-17-12-6-10(11(15)7-13(12)18-2)14(16)20-8-9-4-3-5-19-9/h6-7,9H,3-5,8,15H2,1-2H3. The Morgan fingerprint density at radius 1 is 1.35 bits per heavy atom. The maximum absolute atomic E-state index is 12.0. The van der Waals surface area contributed by atoms with Crippen LogP contribution in [0.25, 0.3) is 0 Å². The van der Waals surface area contributed by atoms with Crippen molar-refractivity contribution in [2.24, 2.45) is 0 Å². The molecular weight excluding hydrogens is 262 g/mol. The Morgan fingerprint density at radius 3 is 2.65 bits per heavy atom. The molecule has 6 nitrogen and oxygen atoms in total. The van der Waals surface area contributed by atoms with Crippen LogP contribution in [0.5, 0.6) is 11.5 Å². The summed E-state index contributed by atoms with van der Waals surface area (Å²) in [4.78, 5) is 12.0. The third kappa shape index (κ3) is 3.14. The second-order valence-corrected chi connectivity index (χ2v) is 4.53. The largest absolute Gasteiger partial charge is 0.493 e. The number of hydrogen-bond acceptors (Lipinski definition) is 6. The van der Waals surface area contributed by atoms with E-state index in [1.54, 1.807) is 6.07 Å². The lowest BCUT2D eigenvalue weighted by atomic mass is 10.1. The van der Waals surface area contributed by atoms with Gasteiger partial charge in [-0.2, -0.15) is 0 Å². The number of anilines is 1. The number of nitrogens with two attached hydrogens (primary N) is 1. The predicted molar refractivity (Wildman–Crippen MR) is 73.2 cm³/mol. The minimum Gasteiger partial charge on any atom is -0.493 e. The van der Waals surface area contributed by atoms with Gasteiger partial charge in [0.2, 0.25) is 0 Å². The van der Waals surface area contributed by atoms with Gasteiger partial charge in [-0.05, 0) is 12.8 Å². The molecule has 110 valence electrons. The molecule has 1 aliphatic rings. The van der Waals surface area contributed by atoms with Crippen molar-refractivity contribution >= 4 is 11.7 Å². The van der Waals surface area contributed by atoms with Crippen molar-refractivity contribution < 1.29 is 23.7 Å². The van der Waals surface area contributed by atoms with E-state index in [0.29, 0.717) is 17.2 Å². The Balaban J connectivity index is 2.08. The van der Waals surface area contributed by atoms with Crippen molar-refractivity contribution in [2.45, 2.75) is 18.9 Å². The fourth-order valence-corrected chi connectivity index (χ4v) is 2.09. The highest BCUT2D eigenvalue weighted by Gasteiger charge is 2.20. The van der Waals surface area contributed by atoms with Crippen LogP contribution in [0.15, 0.2) is 12.1 Å². The number of methoxy groups -OCH3 is 2. The van der Waals surface area contributed by atoms with Crippen LogP contribution in [0.2, 0.25) is 0 Å². The van der Waals surface area contributed by atoms with Crippen LogP contribution in [0, 0.1) is 0 Å². The van der Waals surface area contributed by atoms with E-state index < -0.39 is 5.97 Å². The lowest BCUT2D eigenvalue weighted by molar-refractivity contribution is 0.0162. The highest BCUT2D eigenvalue weighted by atomic mass is 16.6. The van der Waals surface area contributed by atoms with E-state index in [2.05, 4.69) is 0 Å². The van der Waals surface area contributed by atoms with Crippen molar-refractivity contribution in [3.8, 4) is 11.5 Å². The zero-order chi connectivity index (χ0) is 14.5. The van der Waals surface area contributed by atoms with Gasteiger partial charge in [0, 0.05) is 18.7 Å². The number of nitrogen functional groups attached to an aromatic ring is 1. The molecule has 0 aromatic heterocycles. The Morgan fingerprint density at radius 2 is 2.05 bits per heavy atom. The second kappa shape index (κ2) is 6.47. The van der Waals surface area contributed by atoms with Crippen molar-refractivity contribution in [3.05, 3.63) is 17.7 Å². The first-order chi connectivity index (χ1) is 9.65. The number of ether oxygens (including phenoxy) is 4. The molecule has 1 heterocycles. The fraction of sp³-hybridized carbons (Fsp3) is 0.500. The topological polar surface area (TPSA) is 80.0 Å². The Kier molecular flexibility index (Phi) is 4.68. The van der Waals surface area contributed by atoms with Gasteiger partial charge in [-0.15, -0.1) is 0 Å². The lowest BCUT2D eigenvalue weighted by Gasteiger charge is -2.13. The van der Waals surface area contributed by atoms with Crippen LogP contribution < -0.4 is 15.2 Å². The number of carbonyl (C=O) groups is 1. The molecule has 2 rings (SSSR count). The SMILES string of the molecule is COc1cc(N)c(C(=O)OCC2CCCO2)cc1OC. The normalized spacial score (nSPS) is 17.8. The Hall–Kier alpha value is -1.95. The van der Waals surface area contributed by atoms with Crippen LogP contribution >= 0.6 is 0 Å². The van der Waals surface area contributed by atoms with E-state index in [9.17, 15) is 4.79 Å². The molecule has 1 aliphatic heterocycles. The maximum atomic E-state index is 12.0. The van der Waals surface area contributed by atoms with Gasteiger partial charge in [0.25, 0.3) is 0 Å². The molecule has 0 bridgehead atoms. The minimum atomic E-state index is -0.487. The summed E-state index contributed by atoms with van der Waals surface area (Å²) in [7, 11) is 3.00. The molecule has 0 spiro atoms. The van der Waals surface area contributed by atoms with Crippen LogP contribution in [-0.4, -0.2) is 39.5 Å². The molecule has 20 heavy (non-hydrogen) atoms. The zero-order valence-corrected chi connectivity index (χ0v) is 11.7. The van der Waals surface area contributed by atoms with Gasteiger partial charge in [0.1, 0.15) is 6.61 Å². The van der Waals surface area contributed by atoms with Gasteiger partial charge in [0.05, 0.1) is 31.6 Å². The molecule has 1 unspecified atom stereocenters. The minimum absolute atomic E-state index is 0.0136. The van der Waals surface area contributed by atoms with Crippen LogP contribution in [-0.2, 0) is 9.47 Å². The van der Waals surface area contributed by atoms with Crippen molar-refractivity contribution in [1.29, 1.82) is 0 Å². The summed E-state index contributed by atoms with van der Waals surface area (Å²) in [6, 6.07) is 3.06. The molecule has 1 aromatic carbocycles. The Bertz CT molecular complexity index is 483. The number of hydrogen-bond donors (Lipinski definition) is 1. The Labute approximate surface area is 117 Å². The van der Waals surface area contributed by atoms with Crippen molar-refractivity contribution in [2.75, 3.05) is 33.2 Å². The molecule has 2 N–H and O–H groups in total. The second-order valence-electron chi connectivity index (χ2n) is 4.53. The van der Waals surface area contributed by atoms with Crippen LogP contribution in [0.1, 0.15) is 23.2 Å². The first-order valence-electron chi connectivity index (χ1n) is 6.46. The monoisotopic (exact) mass is 281 g/mol. The average Bonchev–Trinajstić information content (AvgIpc) is 2.97. The van der Waals surface area contributed by atoms with Crippen molar-refractivity contribution in [3.63, 3.8) is 0 Å².